The molecule has 5 nitrogen and oxygen atoms in total. The van der Waals surface area contributed by atoms with Crippen LogP contribution in [0.1, 0.15) is 59.2 Å². The summed E-state index contributed by atoms with van der Waals surface area (Å²) in [6.07, 6.45) is 2.60. The van der Waals surface area contributed by atoms with Crippen molar-refractivity contribution in [3.63, 3.8) is 0 Å². The molecular formula is C29H34N2O3S. The Kier molecular flexibility index (Phi) is 7.31. The van der Waals surface area contributed by atoms with Crippen molar-refractivity contribution in [3.05, 3.63) is 94.0 Å². The molecule has 4 rings (SSSR count). The Morgan fingerprint density at radius 2 is 1.66 bits per heavy atom. The van der Waals surface area contributed by atoms with Crippen LogP contribution in [0.3, 0.4) is 0 Å². The van der Waals surface area contributed by atoms with E-state index in [1.54, 1.807) is 12.1 Å². The van der Waals surface area contributed by atoms with Gasteiger partial charge in [0.25, 0.3) is 10.0 Å². The average Bonchev–Trinajstić information content (AvgIpc) is 2.84. The molecule has 1 heterocycles. The van der Waals surface area contributed by atoms with Gasteiger partial charge in [-0.1, -0.05) is 42.5 Å². The van der Waals surface area contributed by atoms with Crippen molar-refractivity contribution < 1.29 is 13.2 Å². The van der Waals surface area contributed by atoms with Gasteiger partial charge >= 0.3 is 0 Å². The summed E-state index contributed by atoms with van der Waals surface area (Å²) < 4.78 is 28.2. The van der Waals surface area contributed by atoms with E-state index < -0.39 is 10.0 Å². The van der Waals surface area contributed by atoms with E-state index >= 15 is 0 Å². The monoisotopic (exact) mass is 490 g/mol. The lowest BCUT2D eigenvalue weighted by molar-refractivity contribution is -0.121. The van der Waals surface area contributed by atoms with Gasteiger partial charge in [-0.3, -0.25) is 9.10 Å². The molecule has 0 aromatic heterocycles. The van der Waals surface area contributed by atoms with Crippen molar-refractivity contribution in [1.29, 1.82) is 0 Å². The number of benzene rings is 3. The van der Waals surface area contributed by atoms with E-state index in [2.05, 4.69) is 38.2 Å². The highest BCUT2D eigenvalue weighted by atomic mass is 32.2. The van der Waals surface area contributed by atoms with Crippen LogP contribution in [0.4, 0.5) is 5.69 Å². The number of para-hydroxylation sites is 1. The third kappa shape index (κ3) is 5.43. The van der Waals surface area contributed by atoms with E-state index in [1.165, 1.54) is 21.0 Å². The first-order valence-electron chi connectivity index (χ1n) is 12.2. The third-order valence-electron chi connectivity index (χ3n) is 6.95. The fourth-order valence-corrected chi connectivity index (χ4v) is 6.34. The highest BCUT2D eigenvalue weighted by Gasteiger charge is 2.28. The molecule has 184 valence electrons. The predicted molar refractivity (Wildman–Crippen MR) is 141 cm³/mol. The van der Waals surface area contributed by atoms with Gasteiger partial charge in [0, 0.05) is 13.0 Å². The predicted octanol–water partition coefficient (Wildman–Crippen LogP) is 5.56. The van der Waals surface area contributed by atoms with E-state index in [0.717, 1.165) is 35.2 Å². The Morgan fingerprint density at radius 3 is 2.40 bits per heavy atom. The molecule has 35 heavy (non-hydrogen) atoms. The molecule has 1 aliphatic heterocycles. The van der Waals surface area contributed by atoms with Crippen LogP contribution in [0.25, 0.3) is 0 Å². The topological polar surface area (TPSA) is 66.5 Å². The molecule has 0 saturated heterocycles. The van der Waals surface area contributed by atoms with Crippen LogP contribution in [-0.2, 0) is 27.7 Å². The molecule has 0 spiro atoms. The molecule has 6 heteroatoms. The number of fused-ring (bicyclic) bond motifs is 1. The molecule has 0 radical (unpaired) electrons. The third-order valence-corrected chi connectivity index (χ3v) is 8.77. The quantitative estimate of drug-likeness (QED) is 0.471. The minimum absolute atomic E-state index is 0.0169. The minimum atomic E-state index is -3.63. The van der Waals surface area contributed by atoms with E-state index in [4.69, 9.17) is 0 Å². The lowest BCUT2D eigenvalue weighted by Crippen LogP contribution is -2.35. The Labute approximate surface area is 209 Å². The normalized spacial score (nSPS) is 14.3. The van der Waals surface area contributed by atoms with Crippen molar-refractivity contribution in [2.75, 3.05) is 10.8 Å². The molecule has 0 aliphatic carbocycles. The van der Waals surface area contributed by atoms with Crippen LogP contribution < -0.4 is 9.62 Å². The van der Waals surface area contributed by atoms with Crippen molar-refractivity contribution in [1.82, 2.24) is 5.32 Å². The van der Waals surface area contributed by atoms with Crippen LogP contribution in [0.5, 0.6) is 0 Å². The lowest BCUT2D eigenvalue weighted by atomic mass is 9.96. The maximum absolute atomic E-state index is 13.3. The van der Waals surface area contributed by atoms with Crippen molar-refractivity contribution in [3.8, 4) is 0 Å². The number of anilines is 1. The summed E-state index contributed by atoms with van der Waals surface area (Å²) in [6, 6.07) is 18.9. The maximum Gasteiger partial charge on any atom is 0.264 e. The zero-order valence-electron chi connectivity index (χ0n) is 21.0. The summed E-state index contributed by atoms with van der Waals surface area (Å²) in [7, 11) is -3.63. The molecule has 1 N–H and O–H groups in total. The Balaban J connectivity index is 1.38. The van der Waals surface area contributed by atoms with E-state index in [-0.39, 0.29) is 16.8 Å². The van der Waals surface area contributed by atoms with E-state index in [1.807, 2.05) is 43.3 Å². The molecule has 1 atom stereocenters. The SMILES string of the molecule is Cc1cc(C)c(C(C)NC(=O)CCc2ccc(S(=O)(=O)N3CCCc4ccccc43)cc2)cc1C. The summed E-state index contributed by atoms with van der Waals surface area (Å²) in [5.41, 5.74) is 7.55. The molecule has 0 bridgehead atoms. The molecule has 1 unspecified atom stereocenters. The van der Waals surface area contributed by atoms with Gasteiger partial charge in [-0.25, -0.2) is 8.42 Å². The number of nitrogens with zero attached hydrogens (tertiary/aromatic N) is 1. The number of nitrogens with one attached hydrogen (secondary N) is 1. The van der Waals surface area contributed by atoms with E-state index in [0.29, 0.717) is 19.4 Å². The van der Waals surface area contributed by atoms with Crippen LogP contribution >= 0.6 is 0 Å². The summed E-state index contributed by atoms with van der Waals surface area (Å²) in [6.45, 7) is 8.74. The zero-order valence-corrected chi connectivity index (χ0v) is 21.8. The van der Waals surface area contributed by atoms with Gasteiger partial charge in [-0.05, 0) is 98.5 Å². The minimum Gasteiger partial charge on any atom is -0.350 e. The number of carbonyl (C=O) groups is 1. The zero-order chi connectivity index (χ0) is 25.2. The second-order valence-electron chi connectivity index (χ2n) is 9.54. The highest BCUT2D eigenvalue weighted by Crippen LogP contribution is 2.32. The number of hydrogen-bond acceptors (Lipinski definition) is 3. The van der Waals surface area contributed by atoms with Crippen LogP contribution in [0.2, 0.25) is 0 Å². The van der Waals surface area contributed by atoms with Crippen molar-refractivity contribution in [2.45, 2.75) is 64.3 Å². The van der Waals surface area contributed by atoms with Crippen molar-refractivity contribution >= 4 is 21.6 Å². The van der Waals surface area contributed by atoms with Gasteiger partial charge in [-0.2, -0.15) is 0 Å². The number of amides is 1. The molecule has 1 aliphatic rings. The number of aryl methyl sites for hydroxylation is 5. The fraction of sp³-hybridized carbons (Fsp3) is 0.345. The molecule has 3 aromatic rings. The van der Waals surface area contributed by atoms with Crippen LogP contribution in [-0.4, -0.2) is 20.9 Å². The Morgan fingerprint density at radius 1 is 0.971 bits per heavy atom. The molecular weight excluding hydrogens is 456 g/mol. The first-order chi connectivity index (χ1) is 16.7. The lowest BCUT2D eigenvalue weighted by Gasteiger charge is -2.30. The van der Waals surface area contributed by atoms with Gasteiger partial charge in [0.05, 0.1) is 16.6 Å². The van der Waals surface area contributed by atoms with Gasteiger partial charge in [0.1, 0.15) is 0 Å². The van der Waals surface area contributed by atoms with Gasteiger partial charge in [-0.15, -0.1) is 0 Å². The fourth-order valence-electron chi connectivity index (χ4n) is 4.80. The smallest absolute Gasteiger partial charge is 0.264 e. The Hall–Kier alpha value is -3.12. The van der Waals surface area contributed by atoms with Gasteiger partial charge < -0.3 is 5.32 Å². The van der Waals surface area contributed by atoms with Gasteiger partial charge in [0.15, 0.2) is 0 Å². The standard InChI is InChI=1S/C29H34N2O3S/c1-20-18-22(3)27(19-21(20)2)23(4)30-29(32)16-13-24-11-14-26(15-12-24)35(33,34)31-17-7-9-25-8-5-6-10-28(25)31/h5-6,8,10-12,14-15,18-19,23H,7,9,13,16-17H2,1-4H3,(H,30,32). The first kappa shape index (κ1) is 25.0. The molecule has 0 fully saturated rings. The second-order valence-corrected chi connectivity index (χ2v) is 11.4. The van der Waals surface area contributed by atoms with Crippen molar-refractivity contribution in [2.24, 2.45) is 0 Å². The van der Waals surface area contributed by atoms with Crippen LogP contribution in [0, 0.1) is 20.8 Å². The van der Waals surface area contributed by atoms with E-state index in [9.17, 15) is 13.2 Å². The Bertz CT molecular complexity index is 1330. The molecule has 1 amide bonds. The average molecular weight is 491 g/mol. The number of carbonyl (C=O) groups excluding carboxylic acids is 1. The molecule has 3 aromatic carbocycles. The number of hydrogen-bond donors (Lipinski definition) is 1. The summed E-state index contributed by atoms with van der Waals surface area (Å²) in [5.74, 6) is -0.0169. The summed E-state index contributed by atoms with van der Waals surface area (Å²) in [4.78, 5) is 12.9. The number of sulfonamides is 1. The summed E-state index contributed by atoms with van der Waals surface area (Å²) in [5, 5.41) is 3.10. The summed E-state index contributed by atoms with van der Waals surface area (Å²) >= 11 is 0. The largest absolute Gasteiger partial charge is 0.350 e. The first-order valence-corrected chi connectivity index (χ1v) is 13.7. The second kappa shape index (κ2) is 10.2. The highest BCUT2D eigenvalue weighted by molar-refractivity contribution is 7.92. The van der Waals surface area contributed by atoms with Gasteiger partial charge in [0.2, 0.25) is 5.91 Å². The molecule has 0 saturated carbocycles. The maximum atomic E-state index is 13.3. The van der Waals surface area contributed by atoms with Crippen LogP contribution in [0.15, 0.2) is 65.6 Å². The number of rotatable bonds is 7.